The van der Waals surface area contributed by atoms with Crippen LogP contribution in [-0.4, -0.2) is 12.4 Å². The lowest BCUT2D eigenvalue weighted by molar-refractivity contribution is 0.162. The van der Waals surface area contributed by atoms with Crippen LogP contribution in [0.5, 0.6) is 0 Å². The standard InChI is InChI=1S/C9H13BrO2/c1-11-7-9-5-4-8(12-9)3-2-6-10/h4-5H,2-3,6-7H2,1H3. The molecule has 2 nitrogen and oxygen atoms in total. The van der Waals surface area contributed by atoms with E-state index in [0.29, 0.717) is 6.61 Å². The third kappa shape index (κ3) is 2.99. The highest BCUT2D eigenvalue weighted by molar-refractivity contribution is 9.09. The Kier molecular flexibility index (Phi) is 4.40. The lowest BCUT2D eigenvalue weighted by atomic mass is 10.3. The van der Waals surface area contributed by atoms with E-state index >= 15 is 0 Å². The molecule has 0 aliphatic heterocycles. The van der Waals surface area contributed by atoms with Gasteiger partial charge >= 0.3 is 0 Å². The van der Waals surface area contributed by atoms with Gasteiger partial charge in [-0.2, -0.15) is 0 Å². The van der Waals surface area contributed by atoms with Gasteiger partial charge in [-0.3, -0.25) is 0 Å². The van der Waals surface area contributed by atoms with E-state index in [-0.39, 0.29) is 0 Å². The molecule has 0 fully saturated rings. The second-order valence-corrected chi connectivity index (χ2v) is 3.39. The summed E-state index contributed by atoms with van der Waals surface area (Å²) in [6.45, 7) is 0.564. The van der Waals surface area contributed by atoms with Crippen LogP contribution in [0.1, 0.15) is 17.9 Å². The molecule has 1 aromatic rings. The molecule has 68 valence electrons. The lowest BCUT2D eigenvalue weighted by Gasteiger charge is -1.94. The van der Waals surface area contributed by atoms with Gasteiger partial charge in [-0.25, -0.2) is 0 Å². The van der Waals surface area contributed by atoms with Gasteiger partial charge in [0, 0.05) is 18.9 Å². The Morgan fingerprint density at radius 1 is 1.42 bits per heavy atom. The average Bonchev–Trinajstić information content (AvgIpc) is 2.50. The maximum absolute atomic E-state index is 5.48. The molecule has 1 aromatic heterocycles. The van der Waals surface area contributed by atoms with E-state index in [0.717, 1.165) is 29.7 Å². The first kappa shape index (κ1) is 9.81. The van der Waals surface area contributed by atoms with Gasteiger partial charge in [-0.05, 0) is 18.6 Å². The predicted molar refractivity (Wildman–Crippen MR) is 51.5 cm³/mol. The number of hydrogen-bond donors (Lipinski definition) is 0. The molecule has 0 aromatic carbocycles. The molecular weight excluding hydrogens is 220 g/mol. The number of methoxy groups -OCH3 is 1. The molecular formula is C9H13BrO2. The van der Waals surface area contributed by atoms with Crippen molar-refractivity contribution in [2.45, 2.75) is 19.4 Å². The number of aryl methyl sites for hydroxylation is 1. The van der Waals surface area contributed by atoms with Crippen molar-refractivity contribution in [1.29, 1.82) is 0 Å². The van der Waals surface area contributed by atoms with Crippen LogP contribution in [0.3, 0.4) is 0 Å². The van der Waals surface area contributed by atoms with E-state index in [1.165, 1.54) is 0 Å². The van der Waals surface area contributed by atoms with Gasteiger partial charge in [0.15, 0.2) is 0 Å². The summed E-state index contributed by atoms with van der Waals surface area (Å²) in [5, 5.41) is 1.02. The van der Waals surface area contributed by atoms with Crippen LogP contribution in [0, 0.1) is 0 Å². The Labute approximate surface area is 81.0 Å². The average molecular weight is 233 g/mol. The van der Waals surface area contributed by atoms with Crippen LogP contribution < -0.4 is 0 Å². The minimum absolute atomic E-state index is 0.564. The Balaban J connectivity index is 2.41. The minimum atomic E-state index is 0.564. The van der Waals surface area contributed by atoms with Gasteiger partial charge in [-0.15, -0.1) is 0 Å². The van der Waals surface area contributed by atoms with Gasteiger partial charge in [0.05, 0.1) is 0 Å². The topological polar surface area (TPSA) is 22.4 Å². The Morgan fingerprint density at radius 2 is 2.17 bits per heavy atom. The highest BCUT2D eigenvalue weighted by Crippen LogP contribution is 2.11. The van der Waals surface area contributed by atoms with Crippen LogP contribution in [0.2, 0.25) is 0 Å². The molecule has 3 heteroatoms. The molecule has 0 spiro atoms. The highest BCUT2D eigenvalue weighted by atomic mass is 79.9. The van der Waals surface area contributed by atoms with Crippen molar-refractivity contribution < 1.29 is 9.15 Å². The maximum Gasteiger partial charge on any atom is 0.129 e. The summed E-state index contributed by atoms with van der Waals surface area (Å²) < 4.78 is 10.4. The first-order chi connectivity index (χ1) is 5.86. The molecule has 0 aliphatic carbocycles. The van der Waals surface area contributed by atoms with Gasteiger partial charge in [0.2, 0.25) is 0 Å². The van der Waals surface area contributed by atoms with Crippen LogP contribution >= 0.6 is 15.9 Å². The summed E-state index contributed by atoms with van der Waals surface area (Å²) in [5.41, 5.74) is 0. The summed E-state index contributed by atoms with van der Waals surface area (Å²) in [6.07, 6.45) is 2.11. The van der Waals surface area contributed by atoms with Crippen molar-refractivity contribution >= 4 is 15.9 Å². The fraction of sp³-hybridized carbons (Fsp3) is 0.556. The second-order valence-electron chi connectivity index (χ2n) is 2.59. The molecule has 0 unspecified atom stereocenters. The first-order valence-electron chi connectivity index (χ1n) is 3.99. The van der Waals surface area contributed by atoms with E-state index in [1.807, 2.05) is 12.1 Å². The molecule has 0 bridgehead atoms. The number of ether oxygens (including phenoxy) is 1. The monoisotopic (exact) mass is 232 g/mol. The molecule has 0 amide bonds. The SMILES string of the molecule is COCc1ccc(CCCBr)o1. The van der Waals surface area contributed by atoms with Crippen molar-refractivity contribution in [3.8, 4) is 0 Å². The van der Waals surface area contributed by atoms with Gasteiger partial charge in [0.25, 0.3) is 0 Å². The predicted octanol–water partition coefficient (Wildman–Crippen LogP) is 2.75. The van der Waals surface area contributed by atoms with Gasteiger partial charge in [0.1, 0.15) is 18.1 Å². The van der Waals surface area contributed by atoms with Crippen LogP contribution in [0.4, 0.5) is 0 Å². The molecule has 0 saturated heterocycles. The number of furan rings is 1. The van der Waals surface area contributed by atoms with E-state index in [2.05, 4.69) is 15.9 Å². The number of hydrogen-bond acceptors (Lipinski definition) is 2. The Bertz CT molecular complexity index is 220. The maximum atomic E-state index is 5.48. The first-order valence-corrected chi connectivity index (χ1v) is 5.11. The van der Waals surface area contributed by atoms with Crippen molar-refractivity contribution in [3.05, 3.63) is 23.7 Å². The van der Waals surface area contributed by atoms with Crippen LogP contribution in [0.25, 0.3) is 0 Å². The Morgan fingerprint density at radius 3 is 2.83 bits per heavy atom. The molecule has 0 saturated carbocycles. The zero-order chi connectivity index (χ0) is 8.81. The third-order valence-corrected chi connectivity index (χ3v) is 2.12. The summed E-state index contributed by atoms with van der Waals surface area (Å²) >= 11 is 3.38. The largest absolute Gasteiger partial charge is 0.464 e. The van der Waals surface area contributed by atoms with Crippen molar-refractivity contribution in [2.75, 3.05) is 12.4 Å². The molecule has 0 aliphatic rings. The molecule has 1 heterocycles. The lowest BCUT2D eigenvalue weighted by Crippen LogP contribution is -1.84. The van der Waals surface area contributed by atoms with E-state index in [1.54, 1.807) is 7.11 Å². The fourth-order valence-corrected chi connectivity index (χ4v) is 1.30. The normalized spacial score (nSPS) is 10.5. The zero-order valence-electron chi connectivity index (χ0n) is 7.18. The molecule has 0 atom stereocenters. The number of alkyl halides is 1. The smallest absolute Gasteiger partial charge is 0.129 e. The summed E-state index contributed by atoms with van der Waals surface area (Å²) in [5.74, 6) is 1.95. The van der Waals surface area contributed by atoms with E-state index in [4.69, 9.17) is 9.15 Å². The summed E-state index contributed by atoms with van der Waals surface area (Å²) in [7, 11) is 1.67. The van der Waals surface area contributed by atoms with Crippen LogP contribution in [-0.2, 0) is 17.8 Å². The van der Waals surface area contributed by atoms with E-state index in [9.17, 15) is 0 Å². The van der Waals surface area contributed by atoms with E-state index < -0.39 is 0 Å². The molecule has 1 rings (SSSR count). The fourth-order valence-electron chi connectivity index (χ4n) is 1.02. The zero-order valence-corrected chi connectivity index (χ0v) is 8.76. The van der Waals surface area contributed by atoms with Crippen molar-refractivity contribution in [3.63, 3.8) is 0 Å². The molecule has 0 radical (unpaired) electrons. The summed E-state index contributed by atoms with van der Waals surface area (Å²) in [6, 6.07) is 3.98. The minimum Gasteiger partial charge on any atom is -0.464 e. The van der Waals surface area contributed by atoms with Crippen LogP contribution in [0.15, 0.2) is 16.5 Å². The Hall–Kier alpha value is -0.280. The quantitative estimate of drug-likeness (QED) is 0.729. The van der Waals surface area contributed by atoms with Crippen molar-refractivity contribution in [2.24, 2.45) is 0 Å². The second kappa shape index (κ2) is 5.38. The number of halogens is 1. The van der Waals surface area contributed by atoms with Gasteiger partial charge < -0.3 is 9.15 Å². The highest BCUT2D eigenvalue weighted by Gasteiger charge is 2.00. The van der Waals surface area contributed by atoms with Gasteiger partial charge in [-0.1, -0.05) is 15.9 Å². The number of rotatable bonds is 5. The summed E-state index contributed by atoms with van der Waals surface area (Å²) in [4.78, 5) is 0. The molecule has 12 heavy (non-hydrogen) atoms. The third-order valence-electron chi connectivity index (χ3n) is 1.56. The van der Waals surface area contributed by atoms with Crippen molar-refractivity contribution in [1.82, 2.24) is 0 Å². The molecule has 0 N–H and O–H groups in total.